The van der Waals surface area contributed by atoms with Gasteiger partial charge in [-0.05, 0) is 42.0 Å². The molecule has 0 radical (unpaired) electrons. The van der Waals surface area contributed by atoms with E-state index in [0.717, 1.165) is 22.4 Å². The van der Waals surface area contributed by atoms with Gasteiger partial charge in [0, 0.05) is 6.54 Å². The van der Waals surface area contributed by atoms with E-state index in [9.17, 15) is 4.39 Å². The van der Waals surface area contributed by atoms with Gasteiger partial charge < -0.3 is 10.1 Å². The lowest BCUT2D eigenvalue weighted by molar-refractivity contribution is 0.414. The van der Waals surface area contributed by atoms with E-state index in [4.69, 9.17) is 4.74 Å². The highest BCUT2D eigenvalue weighted by molar-refractivity contribution is 5.87. The van der Waals surface area contributed by atoms with E-state index < -0.39 is 0 Å². The number of anilines is 1. The van der Waals surface area contributed by atoms with Crippen molar-refractivity contribution in [2.75, 3.05) is 12.4 Å². The number of hydrogen-bond donors (Lipinski definition) is 1. The predicted octanol–water partition coefficient (Wildman–Crippen LogP) is 3.58. The Morgan fingerprint density at radius 2 is 1.81 bits per heavy atom. The van der Waals surface area contributed by atoms with Crippen molar-refractivity contribution >= 4 is 16.9 Å². The third-order valence-electron chi connectivity index (χ3n) is 4.06. The molecule has 0 atom stereocenters. The highest BCUT2D eigenvalue weighted by Gasteiger charge is 2.11. The number of ether oxygens (including phenoxy) is 1. The first-order valence-corrected chi connectivity index (χ1v) is 8.06. The Bertz CT molecular complexity index is 1030. The summed E-state index contributed by atoms with van der Waals surface area (Å²) in [5.74, 6) is 1.22. The van der Waals surface area contributed by atoms with Crippen molar-refractivity contribution in [2.45, 2.75) is 6.54 Å². The van der Waals surface area contributed by atoms with E-state index in [1.54, 1.807) is 30.1 Å². The molecule has 7 heteroatoms. The lowest BCUT2D eigenvalue weighted by Crippen LogP contribution is -2.03. The summed E-state index contributed by atoms with van der Waals surface area (Å²) in [5.41, 5.74) is 2.49. The van der Waals surface area contributed by atoms with Crippen LogP contribution in [0.1, 0.15) is 5.56 Å². The molecule has 0 fully saturated rings. The van der Waals surface area contributed by atoms with Crippen LogP contribution in [-0.2, 0) is 6.54 Å². The van der Waals surface area contributed by atoms with Gasteiger partial charge in [-0.2, -0.15) is 5.10 Å². The number of benzene rings is 2. The van der Waals surface area contributed by atoms with Gasteiger partial charge in [0.05, 0.1) is 24.4 Å². The molecule has 4 rings (SSSR count). The zero-order chi connectivity index (χ0) is 17.9. The first-order valence-electron chi connectivity index (χ1n) is 8.06. The standard InChI is InChI=1S/C19H16FN5O/c1-26-16-8-2-13(3-9-16)10-21-18-17-11-24-25(19(17)23-12-22-18)15-6-4-14(20)5-7-15/h2-9,11-12H,10H2,1H3,(H,21,22,23). The third kappa shape index (κ3) is 3.06. The van der Waals surface area contributed by atoms with Crippen LogP contribution in [0.2, 0.25) is 0 Å². The van der Waals surface area contributed by atoms with Gasteiger partial charge in [-0.15, -0.1) is 0 Å². The number of hydrogen-bond acceptors (Lipinski definition) is 5. The monoisotopic (exact) mass is 349 g/mol. The summed E-state index contributed by atoms with van der Waals surface area (Å²) >= 11 is 0. The van der Waals surface area contributed by atoms with Gasteiger partial charge in [0.15, 0.2) is 5.65 Å². The molecule has 0 aliphatic carbocycles. The van der Waals surface area contributed by atoms with Crippen molar-refractivity contribution in [3.8, 4) is 11.4 Å². The van der Waals surface area contributed by atoms with E-state index in [0.29, 0.717) is 18.0 Å². The maximum atomic E-state index is 13.1. The van der Waals surface area contributed by atoms with Crippen molar-refractivity contribution in [3.63, 3.8) is 0 Å². The molecule has 2 aromatic carbocycles. The Morgan fingerprint density at radius 1 is 1.04 bits per heavy atom. The number of halogens is 1. The summed E-state index contributed by atoms with van der Waals surface area (Å²) in [6.07, 6.45) is 3.19. The van der Waals surface area contributed by atoms with Crippen LogP contribution in [0.3, 0.4) is 0 Å². The molecular weight excluding hydrogens is 333 g/mol. The molecule has 0 aliphatic rings. The fourth-order valence-corrected chi connectivity index (χ4v) is 2.69. The van der Waals surface area contributed by atoms with Crippen LogP contribution in [-0.4, -0.2) is 26.9 Å². The normalized spacial score (nSPS) is 10.8. The fourth-order valence-electron chi connectivity index (χ4n) is 2.69. The zero-order valence-corrected chi connectivity index (χ0v) is 14.1. The molecule has 0 unspecified atom stereocenters. The van der Waals surface area contributed by atoms with Gasteiger partial charge >= 0.3 is 0 Å². The molecule has 26 heavy (non-hydrogen) atoms. The summed E-state index contributed by atoms with van der Waals surface area (Å²) < 4.78 is 20.0. The largest absolute Gasteiger partial charge is 0.497 e. The van der Waals surface area contributed by atoms with Gasteiger partial charge in [-0.1, -0.05) is 12.1 Å². The molecule has 1 N–H and O–H groups in total. The molecule has 0 aliphatic heterocycles. The smallest absolute Gasteiger partial charge is 0.168 e. The van der Waals surface area contributed by atoms with Gasteiger partial charge in [0.1, 0.15) is 23.7 Å². The third-order valence-corrected chi connectivity index (χ3v) is 4.06. The van der Waals surface area contributed by atoms with Crippen molar-refractivity contribution < 1.29 is 9.13 Å². The Kier molecular flexibility index (Phi) is 4.18. The molecule has 2 aromatic heterocycles. The Balaban J connectivity index is 1.61. The van der Waals surface area contributed by atoms with E-state index in [1.807, 2.05) is 24.3 Å². The summed E-state index contributed by atoms with van der Waals surface area (Å²) in [5, 5.41) is 8.48. The van der Waals surface area contributed by atoms with Crippen molar-refractivity contribution in [3.05, 3.63) is 72.4 Å². The second-order valence-electron chi connectivity index (χ2n) is 5.69. The van der Waals surface area contributed by atoms with E-state index >= 15 is 0 Å². The molecule has 6 nitrogen and oxygen atoms in total. The van der Waals surface area contributed by atoms with Crippen LogP contribution >= 0.6 is 0 Å². The van der Waals surface area contributed by atoms with Crippen LogP contribution < -0.4 is 10.1 Å². The minimum atomic E-state index is -0.290. The Hall–Kier alpha value is -3.48. The van der Waals surface area contributed by atoms with Crippen molar-refractivity contribution in [1.82, 2.24) is 19.7 Å². The second-order valence-corrected chi connectivity index (χ2v) is 5.69. The van der Waals surface area contributed by atoms with E-state index in [1.165, 1.54) is 18.5 Å². The van der Waals surface area contributed by atoms with Crippen molar-refractivity contribution in [1.29, 1.82) is 0 Å². The van der Waals surface area contributed by atoms with Crippen LogP contribution in [0.4, 0.5) is 10.2 Å². The first kappa shape index (κ1) is 16.0. The van der Waals surface area contributed by atoms with Crippen LogP contribution in [0.15, 0.2) is 61.1 Å². The maximum Gasteiger partial charge on any atom is 0.168 e. The number of nitrogens with zero attached hydrogens (tertiary/aromatic N) is 4. The van der Waals surface area contributed by atoms with Crippen LogP contribution in [0.5, 0.6) is 5.75 Å². The first-order chi connectivity index (χ1) is 12.7. The van der Waals surface area contributed by atoms with Crippen molar-refractivity contribution in [2.24, 2.45) is 0 Å². The van der Waals surface area contributed by atoms with E-state index in [2.05, 4.69) is 20.4 Å². The Labute approximate surface area is 149 Å². The molecule has 0 spiro atoms. The van der Waals surface area contributed by atoms with Crippen LogP contribution in [0.25, 0.3) is 16.7 Å². The molecule has 130 valence electrons. The lowest BCUT2D eigenvalue weighted by atomic mass is 10.2. The number of aromatic nitrogens is 4. The highest BCUT2D eigenvalue weighted by atomic mass is 19.1. The quantitative estimate of drug-likeness (QED) is 0.597. The van der Waals surface area contributed by atoms with Gasteiger partial charge in [-0.3, -0.25) is 0 Å². The average molecular weight is 349 g/mol. The summed E-state index contributed by atoms with van der Waals surface area (Å²) in [7, 11) is 1.64. The maximum absolute atomic E-state index is 13.1. The molecule has 0 amide bonds. The fraction of sp³-hybridized carbons (Fsp3) is 0.105. The topological polar surface area (TPSA) is 64.9 Å². The zero-order valence-electron chi connectivity index (χ0n) is 14.1. The molecule has 4 aromatic rings. The number of rotatable bonds is 5. The average Bonchev–Trinajstić information content (AvgIpc) is 3.12. The number of methoxy groups -OCH3 is 1. The number of nitrogens with one attached hydrogen (secondary N) is 1. The number of fused-ring (bicyclic) bond motifs is 1. The summed E-state index contributed by atoms with van der Waals surface area (Å²) in [4.78, 5) is 8.63. The van der Waals surface area contributed by atoms with Gasteiger partial charge in [-0.25, -0.2) is 19.0 Å². The SMILES string of the molecule is COc1ccc(CNc2ncnc3c2cnn3-c2ccc(F)cc2)cc1. The van der Waals surface area contributed by atoms with E-state index in [-0.39, 0.29) is 5.82 Å². The molecular formula is C19H16FN5O. The summed E-state index contributed by atoms with van der Waals surface area (Å²) in [6.45, 7) is 0.609. The van der Waals surface area contributed by atoms with Crippen LogP contribution in [0, 0.1) is 5.82 Å². The lowest BCUT2D eigenvalue weighted by Gasteiger charge is -2.08. The Morgan fingerprint density at radius 3 is 2.54 bits per heavy atom. The summed E-state index contributed by atoms with van der Waals surface area (Å²) in [6, 6.07) is 13.9. The second kappa shape index (κ2) is 6.79. The minimum Gasteiger partial charge on any atom is -0.497 e. The molecule has 2 heterocycles. The molecule has 0 bridgehead atoms. The molecule has 0 saturated carbocycles. The predicted molar refractivity (Wildman–Crippen MR) is 96.9 cm³/mol. The van der Waals surface area contributed by atoms with Gasteiger partial charge in [0.2, 0.25) is 0 Å². The molecule has 0 saturated heterocycles. The minimum absolute atomic E-state index is 0.290. The van der Waals surface area contributed by atoms with Gasteiger partial charge in [0.25, 0.3) is 0 Å². The highest BCUT2D eigenvalue weighted by Crippen LogP contribution is 2.22.